The maximum Gasteiger partial charge on any atom is 0.417 e. The summed E-state index contributed by atoms with van der Waals surface area (Å²) in [7, 11) is 0. The van der Waals surface area contributed by atoms with E-state index < -0.39 is 40.2 Å². The fourth-order valence-corrected chi connectivity index (χ4v) is 6.27. The van der Waals surface area contributed by atoms with Crippen LogP contribution in [0.15, 0.2) is 65.7 Å². The van der Waals surface area contributed by atoms with Crippen LogP contribution in [-0.2, 0) is 23.7 Å². The number of rotatable bonds is 7. The highest BCUT2D eigenvalue weighted by molar-refractivity contribution is 8.18. The first-order valence-electron chi connectivity index (χ1n) is 14.6. The lowest BCUT2D eigenvalue weighted by atomic mass is 9.96. The summed E-state index contributed by atoms with van der Waals surface area (Å²) in [6.45, 7) is 2.19. The number of aromatic nitrogens is 3. The molecule has 0 bridgehead atoms. The minimum absolute atomic E-state index is 0.0634. The molecule has 4 aromatic rings. The maximum atomic E-state index is 13.9. The topological polar surface area (TPSA) is 100 Å². The first kappa shape index (κ1) is 32.4. The van der Waals surface area contributed by atoms with Crippen molar-refractivity contribution in [3.63, 3.8) is 0 Å². The Labute approximate surface area is 268 Å². The summed E-state index contributed by atoms with van der Waals surface area (Å²) in [5.41, 5.74) is -2.28. The molecule has 2 N–H and O–H groups in total. The third-order valence-corrected chi connectivity index (χ3v) is 8.77. The van der Waals surface area contributed by atoms with Crippen molar-refractivity contribution in [2.24, 2.45) is 5.92 Å². The van der Waals surface area contributed by atoms with E-state index in [4.69, 9.17) is 0 Å². The number of imide groups is 1. The van der Waals surface area contributed by atoms with Crippen LogP contribution < -0.4 is 15.5 Å². The predicted octanol–water partition coefficient (Wildman–Crippen LogP) is 7.06. The number of carbonyl (C=O) groups is 2. The molecule has 4 heterocycles. The van der Waals surface area contributed by atoms with Crippen molar-refractivity contribution in [3.05, 3.63) is 88.2 Å². The van der Waals surface area contributed by atoms with Crippen LogP contribution in [0.3, 0.4) is 0 Å². The molecule has 6 rings (SSSR count). The van der Waals surface area contributed by atoms with Crippen molar-refractivity contribution in [1.29, 1.82) is 0 Å². The Balaban J connectivity index is 1.13. The quantitative estimate of drug-likeness (QED) is 0.159. The zero-order valence-electron chi connectivity index (χ0n) is 24.5. The average Bonchev–Trinajstić information content (AvgIpc) is 3.35. The van der Waals surface area contributed by atoms with E-state index in [1.807, 2.05) is 4.90 Å². The van der Waals surface area contributed by atoms with Gasteiger partial charge in [0.2, 0.25) is 5.95 Å². The molecule has 2 aromatic heterocycles. The van der Waals surface area contributed by atoms with Gasteiger partial charge < -0.3 is 10.2 Å². The average molecular weight is 673 g/mol. The number of hydrogen-bond donors (Lipinski definition) is 2. The normalized spacial score (nSPS) is 17.1. The van der Waals surface area contributed by atoms with Crippen molar-refractivity contribution < 1.29 is 35.9 Å². The SMILES string of the molecule is O=C1NC(=O)C(=Cc2ccnc(N3CCC(CNCc4nc(-c5ccc(C(F)(F)F)cc5C(F)(F)F)cc5ccccc45)CC3)n2)S1. The summed E-state index contributed by atoms with van der Waals surface area (Å²) in [5.74, 6) is 0.325. The molecule has 2 amide bonds. The highest BCUT2D eigenvalue weighted by Crippen LogP contribution is 2.41. The largest absolute Gasteiger partial charge is 0.417 e. The van der Waals surface area contributed by atoms with E-state index in [1.54, 1.807) is 42.6 Å². The second-order valence-corrected chi connectivity index (χ2v) is 12.1. The first-order valence-corrected chi connectivity index (χ1v) is 15.4. The molecular formula is C32H26F6N6O2S. The number of hydrogen-bond acceptors (Lipinski definition) is 8. The molecular weight excluding hydrogens is 646 g/mol. The number of nitrogens with one attached hydrogen (secondary N) is 2. The zero-order valence-corrected chi connectivity index (χ0v) is 25.3. The molecule has 2 aromatic carbocycles. The lowest BCUT2D eigenvalue weighted by Gasteiger charge is -2.32. The maximum absolute atomic E-state index is 13.9. The minimum Gasteiger partial charge on any atom is -0.341 e. The zero-order chi connectivity index (χ0) is 33.3. The molecule has 0 unspecified atom stereocenters. The van der Waals surface area contributed by atoms with Gasteiger partial charge in [0.25, 0.3) is 11.1 Å². The Morgan fingerprint density at radius 2 is 1.72 bits per heavy atom. The van der Waals surface area contributed by atoms with E-state index in [2.05, 4.69) is 25.6 Å². The predicted molar refractivity (Wildman–Crippen MR) is 165 cm³/mol. The Hall–Kier alpha value is -4.50. The number of piperidine rings is 1. The van der Waals surface area contributed by atoms with Crippen molar-refractivity contribution >= 4 is 45.7 Å². The van der Waals surface area contributed by atoms with Crippen LogP contribution in [0.2, 0.25) is 0 Å². The van der Waals surface area contributed by atoms with E-state index in [1.165, 1.54) is 6.07 Å². The number of thioether (sulfide) groups is 1. The number of pyridine rings is 1. The summed E-state index contributed by atoms with van der Waals surface area (Å²) in [4.78, 5) is 39.0. The third kappa shape index (κ3) is 7.41. The summed E-state index contributed by atoms with van der Waals surface area (Å²) >= 11 is 0.813. The molecule has 244 valence electrons. The number of carbonyl (C=O) groups excluding carboxylic acids is 2. The fraction of sp³-hybridized carbons (Fsp3) is 0.281. The van der Waals surface area contributed by atoms with Gasteiger partial charge in [-0.25, -0.2) is 9.97 Å². The Morgan fingerprint density at radius 3 is 2.43 bits per heavy atom. The Kier molecular flexibility index (Phi) is 8.94. The van der Waals surface area contributed by atoms with E-state index in [0.717, 1.165) is 36.1 Å². The molecule has 8 nitrogen and oxygen atoms in total. The number of anilines is 1. The molecule has 2 aliphatic heterocycles. The van der Waals surface area contributed by atoms with Gasteiger partial charge in [-0.2, -0.15) is 26.3 Å². The van der Waals surface area contributed by atoms with Crippen LogP contribution in [0.25, 0.3) is 28.1 Å². The summed E-state index contributed by atoms with van der Waals surface area (Å²) in [5, 5.41) is 6.49. The highest BCUT2D eigenvalue weighted by atomic mass is 32.2. The molecule has 0 radical (unpaired) electrons. The number of benzene rings is 2. The first-order chi connectivity index (χ1) is 22.3. The van der Waals surface area contributed by atoms with E-state index >= 15 is 0 Å². The van der Waals surface area contributed by atoms with Gasteiger partial charge in [-0.05, 0) is 72.8 Å². The summed E-state index contributed by atoms with van der Waals surface area (Å²) in [6.07, 6.45) is -5.19. The summed E-state index contributed by atoms with van der Waals surface area (Å²) < 4.78 is 81.6. The number of alkyl halides is 6. The molecule has 0 spiro atoms. The lowest BCUT2D eigenvalue weighted by molar-refractivity contribution is -0.142. The van der Waals surface area contributed by atoms with Gasteiger partial charge in [-0.3, -0.25) is 19.9 Å². The van der Waals surface area contributed by atoms with Gasteiger partial charge in [-0.15, -0.1) is 0 Å². The molecule has 0 aliphatic carbocycles. The third-order valence-electron chi connectivity index (χ3n) is 7.96. The molecule has 2 aliphatic rings. The molecule has 2 fully saturated rings. The number of amides is 2. The van der Waals surface area contributed by atoms with Crippen LogP contribution in [0, 0.1) is 5.92 Å². The Bertz CT molecular complexity index is 1870. The number of nitrogens with zero attached hydrogens (tertiary/aromatic N) is 4. The van der Waals surface area contributed by atoms with Crippen LogP contribution in [0.4, 0.5) is 37.1 Å². The number of fused-ring (bicyclic) bond motifs is 1. The summed E-state index contributed by atoms with van der Waals surface area (Å²) in [6, 6.07) is 11.8. The van der Waals surface area contributed by atoms with Crippen molar-refractivity contribution in [1.82, 2.24) is 25.6 Å². The van der Waals surface area contributed by atoms with Crippen LogP contribution in [0.1, 0.15) is 35.4 Å². The van der Waals surface area contributed by atoms with Crippen LogP contribution in [0.5, 0.6) is 0 Å². The van der Waals surface area contributed by atoms with Gasteiger partial charge in [0, 0.05) is 36.8 Å². The monoisotopic (exact) mass is 672 g/mol. The van der Waals surface area contributed by atoms with Crippen molar-refractivity contribution in [2.75, 3.05) is 24.5 Å². The Morgan fingerprint density at radius 1 is 0.957 bits per heavy atom. The van der Waals surface area contributed by atoms with E-state index in [-0.39, 0.29) is 29.1 Å². The van der Waals surface area contributed by atoms with Crippen LogP contribution >= 0.6 is 11.8 Å². The number of halogens is 6. The fourth-order valence-electron chi connectivity index (χ4n) is 5.60. The second-order valence-electron chi connectivity index (χ2n) is 11.1. The second kappa shape index (κ2) is 13.0. The van der Waals surface area contributed by atoms with Gasteiger partial charge in [0.1, 0.15) is 0 Å². The van der Waals surface area contributed by atoms with Gasteiger partial charge in [0.15, 0.2) is 0 Å². The standard InChI is InChI=1S/C32H26F6N6O2S/c33-31(34,35)20-5-6-23(24(14-20)32(36,37)38)25-13-19-3-1-2-4-22(19)26(42-25)17-39-16-18-8-11-44(12-9-18)29-40-10-7-21(41-29)15-27-28(45)43-30(46)47-27/h1-7,10,13-15,18,39H,8-9,11-12,16-17H2,(H,43,45,46). The van der Waals surface area contributed by atoms with Gasteiger partial charge in [0.05, 0.1) is 33.1 Å². The molecule has 15 heteroatoms. The van der Waals surface area contributed by atoms with Crippen molar-refractivity contribution in [2.45, 2.75) is 31.7 Å². The van der Waals surface area contributed by atoms with Gasteiger partial charge in [-0.1, -0.05) is 30.3 Å². The molecule has 0 saturated carbocycles. The van der Waals surface area contributed by atoms with Crippen LogP contribution in [-0.4, -0.2) is 45.7 Å². The smallest absolute Gasteiger partial charge is 0.341 e. The molecule has 2 saturated heterocycles. The molecule has 0 atom stereocenters. The molecule has 47 heavy (non-hydrogen) atoms. The minimum atomic E-state index is -5.02. The van der Waals surface area contributed by atoms with E-state index in [9.17, 15) is 35.9 Å². The van der Waals surface area contributed by atoms with Crippen molar-refractivity contribution in [3.8, 4) is 11.3 Å². The van der Waals surface area contributed by atoms with E-state index in [0.29, 0.717) is 48.4 Å². The lowest BCUT2D eigenvalue weighted by Crippen LogP contribution is -2.38. The van der Waals surface area contributed by atoms with Gasteiger partial charge >= 0.3 is 12.4 Å². The highest BCUT2D eigenvalue weighted by Gasteiger charge is 2.38.